The van der Waals surface area contributed by atoms with Crippen molar-refractivity contribution in [1.29, 1.82) is 0 Å². The Kier molecular flexibility index (Phi) is 11.1. The van der Waals surface area contributed by atoms with Gasteiger partial charge in [0.15, 0.2) is 11.6 Å². The van der Waals surface area contributed by atoms with Crippen LogP contribution in [0.3, 0.4) is 0 Å². The van der Waals surface area contributed by atoms with Gasteiger partial charge in [-0.2, -0.15) is 0 Å². The molecule has 61 heavy (non-hydrogen) atoms. The molecular weight excluding hydrogens is 800 g/mol. The van der Waals surface area contributed by atoms with E-state index in [1.54, 1.807) is 0 Å². The lowest BCUT2D eigenvalue weighted by molar-refractivity contribution is -0.455. The fraction of sp³-hybridized carbons (Fsp3) is 0.818. The first-order valence-electron chi connectivity index (χ1n) is 21.1. The van der Waals surface area contributed by atoms with E-state index in [0.717, 1.165) is 0 Å². The molecule has 17 heteroatoms. The molecule has 18 atom stereocenters. The molecule has 0 aromatic heterocycles. The van der Waals surface area contributed by atoms with E-state index in [1.807, 2.05) is 27.7 Å². The first-order chi connectivity index (χ1) is 26.9. The molecule has 8 saturated carbocycles. The highest BCUT2D eigenvalue weighted by atomic mass is 16.7. The molecule has 8 aliphatic carbocycles. The zero-order valence-electron chi connectivity index (χ0n) is 35.9. The SMILES string of the molecule is C=C1C(=O)[C@]23C[C@H]1C[C@@H](OC(C)=O)[C@H]2[C@@]12CO[C@]3(O)[C@@H](O)[C@@H]1C(C)(C)CC[C@@H]2O.C=C1C(=O)[C@]23C[C@H]1C[C@@H](OC(C)=O)[C@H]2[C@@]12CO[C@]3(O)[C@@H](O)[C@@H]1C(C)(C)CC[C@@H]2O.O.O.O. The van der Waals surface area contributed by atoms with E-state index < -0.39 is 116 Å². The van der Waals surface area contributed by atoms with E-state index in [2.05, 4.69) is 13.2 Å². The number of esters is 2. The van der Waals surface area contributed by atoms with Crippen molar-refractivity contribution in [1.82, 2.24) is 0 Å². The molecule has 0 radical (unpaired) electrons. The standard InChI is InChI=1S/2C22H30O7.3H2O/c2*1-10-12-7-13(29-11(2)23)15-20-9-28-22(27,21(15,8-12)17(10)25)18(26)16(20)19(3,4)6-5-14(20)24;;;/h2*12-16,18,24,26-27H,1,5-9H2,2-4H3;3*1H2/t2*12-,13-,14+,15+,16-,18+,20+,21+,22-;;;/m11.../s1. The minimum absolute atomic E-state index is 0. The van der Waals surface area contributed by atoms with Gasteiger partial charge in [0.2, 0.25) is 11.6 Å². The number of hydrogen-bond donors (Lipinski definition) is 6. The van der Waals surface area contributed by atoms with Crippen molar-refractivity contribution >= 4 is 23.5 Å². The molecule has 4 aliphatic heterocycles. The third kappa shape index (κ3) is 5.22. The third-order valence-electron chi connectivity index (χ3n) is 18.2. The first kappa shape index (κ1) is 47.8. The average Bonchev–Trinajstić information content (AvgIpc) is 3.45. The molecule has 0 amide bonds. The minimum atomic E-state index is -2.09. The fourth-order valence-electron chi connectivity index (χ4n) is 16.3. The van der Waals surface area contributed by atoms with Crippen molar-refractivity contribution in [2.45, 2.75) is 141 Å². The van der Waals surface area contributed by atoms with Crippen molar-refractivity contribution in [3.63, 3.8) is 0 Å². The summed E-state index contributed by atoms with van der Waals surface area (Å²) in [5.74, 6) is -8.50. The molecule has 0 aromatic rings. The van der Waals surface area contributed by atoms with E-state index in [9.17, 15) is 49.8 Å². The highest BCUT2D eigenvalue weighted by Crippen LogP contribution is 2.78. The predicted octanol–water partition coefficient (Wildman–Crippen LogP) is -0.581. The molecule has 17 nitrogen and oxygen atoms in total. The van der Waals surface area contributed by atoms with Crippen LogP contribution < -0.4 is 0 Å². The number of Topliss-reactive ketones (excluding diaryl/α,β-unsaturated/α-hetero) is 2. The Morgan fingerprint density at radius 2 is 0.951 bits per heavy atom. The fourth-order valence-corrected chi connectivity index (χ4v) is 16.3. The molecule has 12 aliphatic rings. The second kappa shape index (κ2) is 14.2. The second-order valence-corrected chi connectivity index (χ2v) is 21.3. The lowest BCUT2D eigenvalue weighted by atomic mass is 9.35. The average molecular weight is 867 g/mol. The van der Waals surface area contributed by atoms with Gasteiger partial charge in [0, 0.05) is 48.3 Å². The maximum Gasteiger partial charge on any atom is 0.302 e. The number of carbonyl (C=O) groups is 4. The van der Waals surface area contributed by atoms with Crippen LogP contribution in [0.25, 0.3) is 0 Å². The summed E-state index contributed by atoms with van der Waals surface area (Å²) in [6, 6.07) is 0. The second-order valence-electron chi connectivity index (χ2n) is 21.3. The van der Waals surface area contributed by atoms with Gasteiger partial charge >= 0.3 is 11.9 Å². The number of ketones is 2. The van der Waals surface area contributed by atoms with E-state index in [4.69, 9.17) is 18.9 Å². The molecule has 4 saturated heterocycles. The van der Waals surface area contributed by atoms with Crippen LogP contribution in [0.4, 0.5) is 0 Å². The number of fused-ring (bicyclic) bond motifs is 4. The Hall–Kier alpha value is -2.68. The molecule has 0 aromatic carbocycles. The molecule has 0 unspecified atom stereocenters. The Labute approximate surface area is 354 Å². The Bertz CT molecular complexity index is 1780. The number of rotatable bonds is 2. The van der Waals surface area contributed by atoms with Gasteiger partial charge < -0.3 is 66.0 Å². The number of hydrogen-bond acceptors (Lipinski definition) is 14. The zero-order chi connectivity index (χ0) is 42.3. The largest absolute Gasteiger partial charge is 0.462 e. The molecule has 4 heterocycles. The van der Waals surface area contributed by atoms with Gasteiger partial charge in [-0.05, 0) is 85.2 Å². The Balaban J connectivity index is 0.000000194. The Morgan fingerprint density at radius 1 is 0.623 bits per heavy atom. The van der Waals surface area contributed by atoms with Gasteiger partial charge in [-0.15, -0.1) is 0 Å². The van der Waals surface area contributed by atoms with Crippen LogP contribution in [-0.2, 0) is 38.1 Å². The summed E-state index contributed by atoms with van der Waals surface area (Å²) >= 11 is 0. The van der Waals surface area contributed by atoms with Crippen molar-refractivity contribution in [2.75, 3.05) is 13.2 Å². The lowest BCUT2D eigenvalue weighted by Gasteiger charge is -2.74. The van der Waals surface area contributed by atoms with Crippen molar-refractivity contribution < 1.29 is 85.2 Å². The van der Waals surface area contributed by atoms with Crippen LogP contribution >= 0.6 is 0 Å². The van der Waals surface area contributed by atoms with Crippen LogP contribution in [0.5, 0.6) is 0 Å². The minimum Gasteiger partial charge on any atom is -0.462 e. The van der Waals surface area contributed by atoms with Gasteiger partial charge in [0.1, 0.15) is 24.4 Å². The molecule has 8 bridgehead atoms. The van der Waals surface area contributed by atoms with Gasteiger partial charge in [-0.25, -0.2) is 0 Å². The quantitative estimate of drug-likeness (QED) is 0.150. The van der Waals surface area contributed by atoms with Crippen LogP contribution in [0.15, 0.2) is 24.3 Å². The van der Waals surface area contributed by atoms with E-state index in [0.29, 0.717) is 62.5 Å². The van der Waals surface area contributed by atoms with Crippen LogP contribution in [0, 0.1) is 68.0 Å². The van der Waals surface area contributed by atoms with Crippen molar-refractivity contribution in [3.8, 4) is 0 Å². The number of aliphatic hydroxyl groups is 6. The van der Waals surface area contributed by atoms with Gasteiger partial charge in [-0.3, -0.25) is 19.2 Å². The number of allylic oxidation sites excluding steroid dienone is 2. The molecular formula is C44H66O17. The Morgan fingerprint density at radius 3 is 1.26 bits per heavy atom. The summed E-state index contributed by atoms with van der Waals surface area (Å²) in [7, 11) is 0. The summed E-state index contributed by atoms with van der Waals surface area (Å²) in [6.45, 7) is 18.7. The molecule has 12 rings (SSSR count). The molecule has 4 spiro atoms. The van der Waals surface area contributed by atoms with Crippen LogP contribution in [0.1, 0.15) is 92.9 Å². The highest BCUT2D eigenvalue weighted by Gasteiger charge is 2.88. The van der Waals surface area contributed by atoms with Crippen LogP contribution in [-0.4, -0.2) is 132 Å². The normalized spacial score (nSPS) is 52.0. The summed E-state index contributed by atoms with van der Waals surface area (Å²) in [5.41, 5.74) is -4.92. The van der Waals surface area contributed by atoms with E-state index >= 15 is 0 Å². The summed E-state index contributed by atoms with van der Waals surface area (Å²) < 4.78 is 23.3. The van der Waals surface area contributed by atoms with Gasteiger partial charge in [0.25, 0.3) is 0 Å². The zero-order valence-corrected chi connectivity index (χ0v) is 35.9. The topological polar surface area (TPSA) is 321 Å². The predicted molar refractivity (Wildman–Crippen MR) is 211 cm³/mol. The van der Waals surface area contributed by atoms with Crippen molar-refractivity contribution in [2.24, 2.45) is 68.0 Å². The van der Waals surface area contributed by atoms with Crippen LogP contribution in [0.2, 0.25) is 0 Å². The summed E-state index contributed by atoms with van der Waals surface area (Å²) in [5, 5.41) is 69.2. The van der Waals surface area contributed by atoms with E-state index in [1.165, 1.54) is 13.8 Å². The first-order valence-corrected chi connectivity index (χ1v) is 21.1. The molecule has 344 valence electrons. The van der Waals surface area contributed by atoms with Crippen molar-refractivity contribution in [3.05, 3.63) is 24.3 Å². The smallest absolute Gasteiger partial charge is 0.302 e. The number of carbonyl (C=O) groups excluding carboxylic acids is 4. The molecule has 12 fully saturated rings. The molecule has 12 N–H and O–H groups in total. The highest BCUT2D eigenvalue weighted by molar-refractivity contribution is 6.05. The number of ether oxygens (including phenoxy) is 4. The van der Waals surface area contributed by atoms with Gasteiger partial charge in [-0.1, -0.05) is 40.9 Å². The monoisotopic (exact) mass is 866 g/mol. The number of aliphatic hydroxyl groups excluding tert-OH is 4. The summed E-state index contributed by atoms with van der Waals surface area (Å²) in [6.07, 6.45) is -1.83. The lowest BCUT2D eigenvalue weighted by Crippen LogP contribution is -2.85. The van der Waals surface area contributed by atoms with Gasteiger partial charge in [0.05, 0.1) is 36.3 Å². The third-order valence-corrected chi connectivity index (χ3v) is 18.2. The maximum absolute atomic E-state index is 13.6. The maximum atomic E-state index is 13.6. The van der Waals surface area contributed by atoms with E-state index in [-0.39, 0.29) is 53.0 Å². The summed E-state index contributed by atoms with van der Waals surface area (Å²) in [4.78, 5) is 51.1.